The van der Waals surface area contributed by atoms with Gasteiger partial charge in [0.15, 0.2) is 0 Å². The first-order chi connectivity index (χ1) is 26.8. The van der Waals surface area contributed by atoms with Gasteiger partial charge in [-0.15, -0.1) is 0 Å². The Kier molecular flexibility index (Phi) is 6.90. The fourth-order valence-corrected chi connectivity index (χ4v) is 8.57. The Labute approximate surface area is 313 Å². The molecule has 0 aliphatic carbocycles. The van der Waals surface area contributed by atoms with E-state index < -0.39 is 0 Å². The molecule has 2 heterocycles. The summed E-state index contributed by atoms with van der Waals surface area (Å²) < 4.78 is 4.87. The maximum Gasteiger partial charge on any atom is 0.0547 e. The van der Waals surface area contributed by atoms with Gasteiger partial charge < -0.3 is 9.13 Å². The second-order valence-corrected chi connectivity index (χ2v) is 14.2. The SMILES string of the molecule is c1ccc(-c2cccc(-n3c4ccccc4c4cc(-c5ccc6c7ccccc7n(-c7ccccc7-c7ccc8ccccc8c7)c6c5)ccc43)c2)cc1. The van der Waals surface area contributed by atoms with Crippen LogP contribution in [-0.4, -0.2) is 9.13 Å². The third kappa shape index (κ3) is 4.81. The van der Waals surface area contributed by atoms with E-state index in [2.05, 4.69) is 215 Å². The maximum atomic E-state index is 2.46. The lowest BCUT2D eigenvalue weighted by Crippen LogP contribution is -1.97. The fourth-order valence-electron chi connectivity index (χ4n) is 8.57. The molecule has 0 saturated carbocycles. The zero-order chi connectivity index (χ0) is 35.6. The second-order valence-electron chi connectivity index (χ2n) is 14.2. The van der Waals surface area contributed by atoms with E-state index in [0.717, 1.165) is 5.69 Å². The van der Waals surface area contributed by atoms with E-state index in [1.54, 1.807) is 0 Å². The molecule has 0 fully saturated rings. The van der Waals surface area contributed by atoms with Gasteiger partial charge in [0, 0.05) is 32.8 Å². The number of para-hydroxylation sites is 3. The van der Waals surface area contributed by atoms with Gasteiger partial charge in [-0.1, -0.05) is 152 Å². The molecule has 2 nitrogen and oxygen atoms in total. The van der Waals surface area contributed by atoms with Crippen molar-refractivity contribution in [2.24, 2.45) is 0 Å². The van der Waals surface area contributed by atoms with Crippen LogP contribution in [0, 0.1) is 0 Å². The van der Waals surface area contributed by atoms with E-state index in [4.69, 9.17) is 0 Å². The number of benzene rings is 9. The molecule has 0 atom stereocenters. The van der Waals surface area contributed by atoms with Crippen LogP contribution < -0.4 is 0 Å². The van der Waals surface area contributed by atoms with Crippen LogP contribution >= 0.6 is 0 Å². The van der Waals surface area contributed by atoms with Crippen molar-refractivity contribution in [2.45, 2.75) is 0 Å². The van der Waals surface area contributed by atoms with Crippen LogP contribution in [0.4, 0.5) is 0 Å². The van der Waals surface area contributed by atoms with Crippen LogP contribution in [-0.2, 0) is 0 Å². The van der Waals surface area contributed by atoms with Gasteiger partial charge in [-0.25, -0.2) is 0 Å². The molecule has 0 saturated heterocycles. The molecule has 11 rings (SSSR count). The highest BCUT2D eigenvalue weighted by molar-refractivity contribution is 6.13. The van der Waals surface area contributed by atoms with Crippen molar-refractivity contribution < 1.29 is 0 Å². The van der Waals surface area contributed by atoms with E-state index in [0.29, 0.717) is 0 Å². The zero-order valence-electron chi connectivity index (χ0n) is 29.5. The Morgan fingerprint density at radius 2 is 0.852 bits per heavy atom. The van der Waals surface area contributed by atoms with Crippen molar-refractivity contribution >= 4 is 54.4 Å². The van der Waals surface area contributed by atoms with Crippen molar-refractivity contribution in [1.82, 2.24) is 9.13 Å². The third-order valence-electron chi connectivity index (χ3n) is 11.1. The fraction of sp³-hybridized carbons (Fsp3) is 0. The summed E-state index contributed by atoms with van der Waals surface area (Å²) in [6, 6.07) is 75.3. The predicted octanol–water partition coefficient (Wildman–Crippen LogP) is 14.0. The minimum absolute atomic E-state index is 1.16. The molecule has 0 radical (unpaired) electrons. The smallest absolute Gasteiger partial charge is 0.0547 e. The molecule has 0 spiro atoms. The standard InChI is InChI=1S/C52H34N2/c1-2-13-35(14-3-1)38-17-12-18-42(32-38)53-49-23-10-8-21-45(49)47-33-39(28-30-51(47)53)40-27-29-46-44-20-7-11-24-50(44)54(52(46)34-40)48-22-9-6-19-43(48)41-26-25-36-15-4-5-16-37(36)31-41/h1-34H. The van der Waals surface area contributed by atoms with E-state index in [1.807, 2.05) is 0 Å². The summed E-state index contributed by atoms with van der Waals surface area (Å²) in [6.07, 6.45) is 0. The van der Waals surface area contributed by atoms with Crippen LogP contribution in [0.5, 0.6) is 0 Å². The number of hydrogen-bond donors (Lipinski definition) is 0. The Morgan fingerprint density at radius 1 is 0.259 bits per heavy atom. The molecule has 0 unspecified atom stereocenters. The monoisotopic (exact) mass is 686 g/mol. The number of nitrogens with zero attached hydrogens (tertiary/aromatic N) is 2. The van der Waals surface area contributed by atoms with E-state index in [1.165, 1.54) is 93.5 Å². The van der Waals surface area contributed by atoms with E-state index in [9.17, 15) is 0 Å². The summed E-state index contributed by atoms with van der Waals surface area (Å²) in [6.45, 7) is 0. The van der Waals surface area contributed by atoms with Crippen LogP contribution in [0.25, 0.3) is 99.1 Å². The molecular formula is C52H34N2. The third-order valence-corrected chi connectivity index (χ3v) is 11.1. The molecule has 0 N–H and O–H groups in total. The largest absolute Gasteiger partial charge is 0.309 e. The van der Waals surface area contributed by atoms with Crippen LogP contribution in [0.2, 0.25) is 0 Å². The zero-order valence-corrected chi connectivity index (χ0v) is 29.5. The van der Waals surface area contributed by atoms with Gasteiger partial charge in [0.2, 0.25) is 0 Å². The Balaban J connectivity index is 1.09. The van der Waals surface area contributed by atoms with Crippen LogP contribution in [0.15, 0.2) is 206 Å². The number of aromatic nitrogens is 2. The minimum Gasteiger partial charge on any atom is -0.309 e. The average molecular weight is 687 g/mol. The summed E-state index contributed by atoms with van der Waals surface area (Å²) in [4.78, 5) is 0. The van der Waals surface area contributed by atoms with Crippen molar-refractivity contribution in [3.05, 3.63) is 206 Å². The molecule has 252 valence electrons. The molecule has 54 heavy (non-hydrogen) atoms. The first-order valence-electron chi connectivity index (χ1n) is 18.6. The second kappa shape index (κ2) is 12.2. The quantitative estimate of drug-likeness (QED) is 0.171. The lowest BCUT2D eigenvalue weighted by atomic mass is 9.99. The minimum atomic E-state index is 1.16. The summed E-state index contributed by atoms with van der Waals surface area (Å²) in [5.41, 5.74) is 14.4. The predicted molar refractivity (Wildman–Crippen MR) is 229 cm³/mol. The Bertz CT molecular complexity index is 3220. The highest BCUT2D eigenvalue weighted by atomic mass is 15.0. The van der Waals surface area contributed by atoms with Gasteiger partial charge >= 0.3 is 0 Å². The average Bonchev–Trinajstić information content (AvgIpc) is 3.76. The molecule has 9 aromatic carbocycles. The lowest BCUT2D eigenvalue weighted by Gasteiger charge is -2.15. The highest BCUT2D eigenvalue weighted by Gasteiger charge is 2.18. The molecule has 2 heteroatoms. The molecule has 2 aromatic heterocycles. The van der Waals surface area contributed by atoms with Crippen LogP contribution in [0.3, 0.4) is 0 Å². The van der Waals surface area contributed by atoms with Gasteiger partial charge in [0.05, 0.1) is 27.8 Å². The van der Waals surface area contributed by atoms with Gasteiger partial charge in [-0.05, 0) is 93.2 Å². The summed E-state index contributed by atoms with van der Waals surface area (Å²) in [5.74, 6) is 0. The number of fused-ring (bicyclic) bond motifs is 7. The van der Waals surface area contributed by atoms with Crippen molar-refractivity contribution in [3.63, 3.8) is 0 Å². The highest BCUT2D eigenvalue weighted by Crippen LogP contribution is 2.40. The molecule has 0 bridgehead atoms. The van der Waals surface area contributed by atoms with Gasteiger partial charge in [-0.3, -0.25) is 0 Å². The van der Waals surface area contributed by atoms with E-state index >= 15 is 0 Å². The van der Waals surface area contributed by atoms with Gasteiger partial charge in [-0.2, -0.15) is 0 Å². The molecule has 0 amide bonds. The van der Waals surface area contributed by atoms with Gasteiger partial charge in [0.25, 0.3) is 0 Å². The summed E-state index contributed by atoms with van der Waals surface area (Å²) in [7, 11) is 0. The normalized spacial score (nSPS) is 11.7. The molecular weight excluding hydrogens is 653 g/mol. The Morgan fingerprint density at radius 3 is 1.72 bits per heavy atom. The Hall–Kier alpha value is -7.16. The summed E-state index contributed by atoms with van der Waals surface area (Å²) in [5, 5.41) is 7.49. The van der Waals surface area contributed by atoms with Gasteiger partial charge in [0.1, 0.15) is 0 Å². The number of rotatable bonds is 5. The topological polar surface area (TPSA) is 9.86 Å². The lowest BCUT2D eigenvalue weighted by molar-refractivity contribution is 1.18. The van der Waals surface area contributed by atoms with Crippen molar-refractivity contribution in [2.75, 3.05) is 0 Å². The number of hydrogen-bond acceptors (Lipinski definition) is 0. The molecule has 0 aliphatic heterocycles. The maximum absolute atomic E-state index is 2.46. The first-order valence-corrected chi connectivity index (χ1v) is 18.6. The summed E-state index contributed by atoms with van der Waals surface area (Å²) >= 11 is 0. The first kappa shape index (κ1) is 30.5. The van der Waals surface area contributed by atoms with Crippen molar-refractivity contribution in [1.29, 1.82) is 0 Å². The van der Waals surface area contributed by atoms with Crippen LogP contribution in [0.1, 0.15) is 0 Å². The van der Waals surface area contributed by atoms with E-state index in [-0.39, 0.29) is 0 Å². The van der Waals surface area contributed by atoms with Crippen molar-refractivity contribution in [3.8, 4) is 44.8 Å². The molecule has 11 aromatic rings. The molecule has 0 aliphatic rings.